The Balaban J connectivity index is 2.13. The standard InChI is InChI=1S/C15H17FN4/c1-10-11(2)17-9-18-15(10)20-7-6-19(3)14-8-12(16)4-5-13(14)20/h4-5,8-9H,6-7H2,1-3H3. The fourth-order valence-corrected chi connectivity index (χ4v) is 2.54. The minimum absolute atomic E-state index is 0.215. The number of likely N-dealkylation sites (N-methyl/N-ethyl adjacent to an activating group) is 1. The van der Waals surface area contributed by atoms with E-state index in [-0.39, 0.29) is 5.82 Å². The lowest BCUT2D eigenvalue weighted by atomic mass is 10.1. The summed E-state index contributed by atoms with van der Waals surface area (Å²) in [5, 5.41) is 0. The summed E-state index contributed by atoms with van der Waals surface area (Å²) in [7, 11) is 1.98. The SMILES string of the molecule is Cc1ncnc(N2CCN(C)c3cc(F)ccc32)c1C. The van der Waals surface area contributed by atoms with Gasteiger partial charge in [-0.25, -0.2) is 14.4 Å². The van der Waals surface area contributed by atoms with Crippen molar-refractivity contribution in [2.24, 2.45) is 0 Å². The predicted molar refractivity (Wildman–Crippen MR) is 78.2 cm³/mol. The van der Waals surface area contributed by atoms with Crippen molar-refractivity contribution in [3.8, 4) is 0 Å². The highest BCUT2D eigenvalue weighted by atomic mass is 19.1. The van der Waals surface area contributed by atoms with Crippen molar-refractivity contribution >= 4 is 17.2 Å². The molecule has 0 radical (unpaired) electrons. The van der Waals surface area contributed by atoms with Gasteiger partial charge in [-0.3, -0.25) is 0 Å². The summed E-state index contributed by atoms with van der Waals surface area (Å²) in [4.78, 5) is 12.8. The van der Waals surface area contributed by atoms with E-state index in [0.717, 1.165) is 41.5 Å². The number of aromatic nitrogens is 2. The van der Waals surface area contributed by atoms with Crippen LogP contribution in [0.15, 0.2) is 24.5 Å². The van der Waals surface area contributed by atoms with Crippen molar-refractivity contribution in [1.82, 2.24) is 9.97 Å². The Morgan fingerprint density at radius 3 is 2.70 bits per heavy atom. The molecule has 104 valence electrons. The van der Waals surface area contributed by atoms with Gasteiger partial charge in [-0.05, 0) is 32.0 Å². The summed E-state index contributed by atoms with van der Waals surface area (Å²) in [6, 6.07) is 4.89. The molecule has 2 aromatic rings. The van der Waals surface area contributed by atoms with E-state index in [9.17, 15) is 4.39 Å². The Hall–Kier alpha value is -2.17. The predicted octanol–water partition coefficient (Wildman–Crippen LogP) is 2.82. The molecule has 0 amide bonds. The van der Waals surface area contributed by atoms with E-state index in [1.807, 2.05) is 27.0 Å². The van der Waals surface area contributed by atoms with Gasteiger partial charge in [0.05, 0.1) is 11.4 Å². The van der Waals surface area contributed by atoms with Gasteiger partial charge in [0.15, 0.2) is 0 Å². The molecule has 4 nitrogen and oxygen atoms in total. The van der Waals surface area contributed by atoms with E-state index < -0.39 is 0 Å². The summed E-state index contributed by atoms with van der Waals surface area (Å²) in [5.74, 6) is 0.687. The lowest BCUT2D eigenvalue weighted by molar-refractivity contribution is 0.626. The van der Waals surface area contributed by atoms with Crippen LogP contribution in [0.2, 0.25) is 0 Å². The number of rotatable bonds is 1. The molecule has 0 fully saturated rings. The van der Waals surface area contributed by atoms with Crippen molar-refractivity contribution in [3.63, 3.8) is 0 Å². The van der Waals surface area contributed by atoms with Gasteiger partial charge in [-0.1, -0.05) is 0 Å². The minimum Gasteiger partial charge on any atom is -0.371 e. The first-order chi connectivity index (χ1) is 9.58. The number of hydrogen-bond donors (Lipinski definition) is 0. The number of fused-ring (bicyclic) bond motifs is 1. The maximum Gasteiger partial charge on any atom is 0.139 e. The molecule has 0 N–H and O–H groups in total. The first-order valence-electron chi connectivity index (χ1n) is 6.64. The van der Waals surface area contributed by atoms with Crippen molar-refractivity contribution in [2.45, 2.75) is 13.8 Å². The second-order valence-corrected chi connectivity index (χ2v) is 5.11. The van der Waals surface area contributed by atoms with Crippen LogP contribution in [0.25, 0.3) is 0 Å². The van der Waals surface area contributed by atoms with Gasteiger partial charge < -0.3 is 9.80 Å². The van der Waals surface area contributed by atoms with E-state index in [0.29, 0.717) is 0 Å². The molecule has 1 aliphatic rings. The Kier molecular flexibility index (Phi) is 3.04. The molecule has 0 bridgehead atoms. The van der Waals surface area contributed by atoms with Crippen LogP contribution in [0.3, 0.4) is 0 Å². The molecule has 1 aromatic carbocycles. The molecule has 1 aliphatic heterocycles. The van der Waals surface area contributed by atoms with E-state index in [4.69, 9.17) is 0 Å². The van der Waals surface area contributed by atoms with Crippen molar-refractivity contribution in [1.29, 1.82) is 0 Å². The van der Waals surface area contributed by atoms with Gasteiger partial charge in [0.2, 0.25) is 0 Å². The topological polar surface area (TPSA) is 32.3 Å². The average molecular weight is 272 g/mol. The largest absolute Gasteiger partial charge is 0.371 e. The molecule has 0 aliphatic carbocycles. The molecule has 0 unspecified atom stereocenters. The molecular weight excluding hydrogens is 255 g/mol. The smallest absolute Gasteiger partial charge is 0.139 e. The monoisotopic (exact) mass is 272 g/mol. The molecule has 0 spiro atoms. The Morgan fingerprint density at radius 1 is 1.10 bits per heavy atom. The number of benzene rings is 1. The first kappa shape index (κ1) is 12.8. The number of aryl methyl sites for hydroxylation is 1. The van der Waals surface area contributed by atoms with E-state index >= 15 is 0 Å². The third-order valence-corrected chi connectivity index (χ3v) is 3.86. The van der Waals surface area contributed by atoms with Gasteiger partial charge in [0.1, 0.15) is 18.0 Å². The van der Waals surface area contributed by atoms with Gasteiger partial charge in [-0.15, -0.1) is 0 Å². The molecule has 0 saturated heterocycles. The number of halogens is 1. The van der Waals surface area contributed by atoms with Crippen LogP contribution in [0.1, 0.15) is 11.3 Å². The molecular formula is C15H17FN4. The summed E-state index contributed by atoms with van der Waals surface area (Å²) in [6.45, 7) is 5.65. The van der Waals surface area contributed by atoms with Crippen LogP contribution in [0, 0.1) is 19.7 Å². The minimum atomic E-state index is -0.215. The second-order valence-electron chi connectivity index (χ2n) is 5.11. The fraction of sp³-hybridized carbons (Fsp3) is 0.333. The maximum absolute atomic E-state index is 13.5. The fourth-order valence-electron chi connectivity index (χ4n) is 2.54. The van der Waals surface area contributed by atoms with Gasteiger partial charge in [0, 0.05) is 31.4 Å². The number of nitrogens with zero attached hydrogens (tertiary/aromatic N) is 4. The Morgan fingerprint density at radius 2 is 1.90 bits per heavy atom. The lowest BCUT2D eigenvalue weighted by Crippen LogP contribution is -2.37. The highest BCUT2D eigenvalue weighted by Crippen LogP contribution is 2.37. The zero-order valence-electron chi connectivity index (χ0n) is 11.9. The molecule has 0 saturated carbocycles. The third-order valence-electron chi connectivity index (χ3n) is 3.86. The quantitative estimate of drug-likeness (QED) is 0.799. The van der Waals surface area contributed by atoms with Crippen molar-refractivity contribution in [3.05, 3.63) is 41.6 Å². The van der Waals surface area contributed by atoms with Crippen LogP contribution in [-0.4, -0.2) is 30.1 Å². The number of anilines is 3. The summed E-state index contributed by atoms with van der Waals surface area (Å²) < 4.78 is 13.5. The molecule has 5 heteroatoms. The molecule has 0 atom stereocenters. The van der Waals surface area contributed by atoms with Gasteiger partial charge in [-0.2, -0.15) is 0 Å². The maximum atomic E-state index is 13.5. The highest BCUT2D eigenvalue weighted by Gasteiger charge is 2.24. The zero-order valence-corrected chi connectivity index (χ0v) is 11.9. The normalized spacial score (nSPS) is 14.4. The Bertz CT molecular complexity index is 656. The molecule has 20 heavy (non-hydrogen) atoms. The highest BCUT2D eigenvalue weighted by molar-refractivity contribution is 5.79. The molecule has 2 heterocycles. The van der Waals surface area contributed by atoms with Gasteiger partial charge in [0.25, 0.3) is 0 Å². The lowest BCUT2D eigenvalue weighted by Gasteiger charge is -2.37. The van der Waals surface area contributed by atoms with Crippen LogP contribution in [0.5, 0.6) is 0 Å². The molecule has 1 aromatic heterocycles. The molecule has 3 rings (SSSR count). The van der Waals surface area contributed by atoms with Crippen molar-refractivity contribution < 1.29 is 4.39 Å². The summed E-state index contributed by atoms with van der Waals surface area (Å²) >= 11 is 0. The van der Waals surface area contributed by atoms with Gasteiger partial charge >= 0.3 is 0 Å². The summed E-state index contributed by atoms with van der Waals surface area (Å²) in [6.07, 6.45) is 1.58. The van der Waals surface area contributed by atoms with Crippen LogP contribution >= 0.6 is 0 Å². The van der Waals surface area contributed by atoms with E-state index in [1.165, 1.54) is 6.07 Å². The van der Waals surface area contributed by atoms with Crippen LogP contribution < -0.4 is 9.80 Å². The van der Waals surface area contributed by atoms with Crippen molar-refractivity contribution in [2.75, 3.05) is 29.9 Å². The Labute approximate surface area is 117 Å². The zero-order chi connectivity index (χ0) is 14.3. The number of hydrogen-bond acceptors (Lipinski definition) is 4. The average Bonchev–Trinajstić information content (AvgIpc) is 2.43. The van der Waals surface area contributed by atoms with Crippen LogP contribution in [-0.2, 0) is 0 Å². The van der Waals surface area contributed by atoms with E-state index in [1.54, 1.807) is 12.4 Å². The second kappa shape index (κ2) is 4.74. The first-order valence-corrected chi connectivity index (χ1v) is 6.64. The van der Waals surface area contributed by atoms with E-state index in [2.05, 4.69) is 19.8 Å². The van der Waals surface area contributed by atoms with Crippen LogP contribution in [0.4, 0.5) is 21.6 Å². The summed E-state index contributed by atoms with van der Waals surface area (Å²) in [5.41, 5.74) is 3.91. The third kappa shape index (κ3) is 1.99.